The summed E-state index contributed by atoms with van der Waals surface area (Å²) in [7, 11) is 0. The molecule has 38 heavy (non-hydrogen) atoms. The van der Waals surface area contributed by atoms with E-state index in [4.69, 9.17) is 38.3 Å². The Bertz CT molecular complexity index is 1290. The highest BCUT2D eigenvalue weighted by molar-refractivity contribution is 6.33. The molecule has 3 aromatic rings. The number of hydrogen-bond acceptors (Lipinski definition) is 7. The summed E-state index contributed by atoms with van der Waals surface area (Å²) in [5.41, 5.74) is 2.51. The van der Waals surface area contributed by atoms with Crippen LogP contribution in [0.2, 0.25) is 10.0 Å². The molecular formula is C28H33Cl2FN6O. The van der Waals surface area contributed by atoms with Crippen LogP contribution in [0.3, 0.4) is 0 Å². The normalized spacial score (nSPS) is 19.9. The molecule has 2 fully saturated rings. The number of aliphatic hydroxyl groups is 1. The molecule has 0 radical (unpaired) electrons. The Morgan fingerprint density at radius 3 is 2.53 bits per heavy atom. The summed E-state index contributed by atoms with van der Waals surface area (Å²) in [5, 5.41) is 9.81. The van der Waals surface area contributed by atoms with Crippen LogP contribution in [0.5, 0.6) is 0 Å². The summed E-state index contributed by atoms with van der Waals surface area (Å²) >= 11 is 12.7. The van der Waals surface area contributed by atoms with Gasteiger partial charge < -0.3 is 19.8 Å². The first-order valence-electron chi connectivity index (χ1n) is 13.2. The molecule has 10 heteroatoms. The Balaban J connectivity index is 1.42. The largest absolute Gasteiger partial charge is 0.396 e. The van der Waals surface area contributed by atoms with Gasteiger partial charge in [-0.1, -0.05) is 23.2 Å². The van der Waals surface area contributed by atoms with E-state index >= 15 is 0 Å². The van der Waals surface area contributed by atoms with E-state index in [-0.39, 0.29) is 17.7 Å². The van der Waals surface area contributed by atoms with E-state index in [1.165, 1.54) is 6.07 Å². The van der Waals surface area contributed by atoms with Crippen molar-refractivity contribution < 1.29 is 9.50 Å². The molecule has 0 amide bonds. The van der Waals surface area contributed by atoms with Crippen LogP contribution in [-0.2, 0) is 6.42 Å². The van der Waals surface area contributed by atoms with Crippen molar-refractivity contribution in [3.63, 3.8) is 0 Å². The molecule has 1 unspecified atom stereocenters. The smallest absolute Gasteiger partial charge is 0.228 e. The van der Waals surface area contributed by atoms with Gasteiger partial charge in [-0.2, -0.15) is 4.98 Å². The standard InChI is InChI=1S/C28H33Cl2FN6O/c1-18-5-3-9-37(18)28-33-25(21-7-8-24(31)22(29)14-21)15-26(34-28)36-11-10-35(17-19(36)2)27-23(30)13-20(16-32-27)6-4-12-38/h7-8,13-16,18-19,38H,3-6,9-12,17H2,1-2H3/t18-,19?/m1/s1. The van der Waals surface area contributed by atoms with Crippen LogP contribution < -0.4 is 14.7 Å². The number of nitrogens with zero attached hydrogens (tertiary/aromatic N) is 6. The molecule has 2 aromatic heterocycles. The van der Waals surface area contributed by atoms with Gasteiger partial charge in [0.25, 0.3) is 0 Å². The van der Waals surface area contributed by atoms with Gasteiger partial charge in [-0.05, 0) is 69.4 Å². The summed E-state index contributed by atoms with van der Waals surface area (Å²) in [6.45, 7) is 7.65. The number of halogens is 3. The van der Waals surface area contributed by atoms with Crippen molar-refractivity contribution in [2.24, 2.45) is 0 Å². The number of aliphatic hydroxyl groups excluding tert-OH is 1. The SMILES string of the molecule is CC1CN(c2ncc(CCCO)cc2Cl)CCN1c1cc(-c2ccc(F)c(Cl)c2)nc(N2CCC[C@H]2C)n1. The molecule has 4 heterocycles. The minimum absolute atomic E-state index is 0.0764. The number of benzene rings is 1. The fourth-order valence-electron chi connectivity index (χ4n) is 5.34. The molecule has 0 bridgehead atoms. The monoisotopic (exact) mass is 558 g/mol. The van der Waals surface area contributed by atoms with Gasteiger partial charge in [0.1, 0.15) is 17.5 Å². The lowest BCUT2D eigenvalue weighted by atomic mass is 10.1. The first-order valence-corrected chi connectivity index (χ1v) is 14.0. The average Bonchev–Trinajstić information content (AvgIpc) is 3.34. The van der Waals surface area contributed by atoms with E-state index in [1.54, 1.807) is 12.1 Å². The third-order valence-corrected chi connectivity index (χ3v) is 8.02. The third kappa shape index (κ3) is 5.67. The summed E-state index contributed by atoms with van der Waals surface area (Å²) < 4.78 is 13.9. The molecule has 7 nitrogen and oxygen atoms in total. The van der Waals surface area contributed by atoms with Gasteiger partial charge in [-0.3, -0.25) is 0 Å². The number of aryl methyl sites for hydroxylation is 1. The van der Waals surface area contributed by atoms with Crippen LogP contribution in [0.15, 0.2) is 36.5 Å². The summed E-state index contributed by atoms with van der Waals surface area (Å²) in [4.78, 5) is 21.3. The molecule has 1 aromatic carbocycles. The highest BCUT2D eigenvalue weighted by Crippen LogP contribution is 2.33. The Morgan fingerprint density at radius 2 is 1.84 bits per heavy atom. The zero-order valence-corrected chi connectivity index (χ0v) is 23.3. The molecule has 1 N–H and O–H groups in total. The van der Waals surface area contributed by atoms with E-state index in [0.29, 0.717) is 23.4 Å². The Kier molecular flexibility index (Phi) is 8.21. The van der Waals surface area contributed by atoms with E-state index in [1.807, 2.05) is 18.3 Å². The summed E-state index contributed by atoms with van der Waals surface area (Å²) in [6, 6.07) is 9.14. The third-order valence-electron chi connectivity index (χ3n) is 7.45. The van der Waals surface area contributed by atoms with Crippen LogP contribution in [0, 0.1) is 5.82 Å². The topological polar surface area (TPSA) is 68.6 Å². The van der Waals surface area contributed by atoms with E-state index in [9.17, 15) is 4.39 Å². The molecule has 5 rings (SSSR count). The van der Waals surface area contributed by atoms with E-state index in [2.05, 4.69) is 33.5 Å². The maximum Gasteiger partial charge on any atom is 0.228 e. The van der Waals surface area contributed by atoms with Crippen LogP contribution >= 0.6 is 23.2 Å². The molecule has 2 aliphatic heterocycles. The second-order valence-corrected chi connectivity index (χ2v) is 11.0. The molecule has 202 valence electrons. The molecular weight excluding hydrogens is 526 g/mol. The van der Waals surface area contributed by atoms with Gasteiger partial charge in [0.15, 0.2) is 0 Å². The average molecular weight is 560 g/mol. The molecule has 0 spiro atoms. The van der Waals surface area contributed by atoms with Gasteiger partial charge in [-0.15, -0.1) is 0 Å². The number of pyridine rings is 1. The van der Waals surface area contributed by atoms with Gasteiger partial charge >= 0.3 is 0 Å². The highest BCUT2D eigenvalue weighted by atomic mass is 35.5. The minimum atomic E-state index is -0.448. The second kappa shape index (κ2) is 11.6. The lowest BCUT2D eigenvalue weighted by molar-refractivity contribution is 0.288. The van der Waals surface area contributed by atoms with Crippen molar-refractivity contribution in [2.45, 2.75) is 51.6 Å². The fourth-order valence-corrected chi connectivity index (χ4v) is 5.83. The quantitative estimate of drug-likeness (QED) is 0.404. The van der Waals surface area contributed by atoms with Gasteiger partial charge in [0.2, 0.25) is 5.95 Å². The van der Waals surface area contributed by atoms with Crippen molar-refractivity contribution in [1.82, 2.24) is 15.0 Å². The fraction of sp³-hybridized carbons (Fsp3) is 0.464. The molecule has 2 saturated heterocycles. The molecule has 2 atom stereocenters. The van der Waals surface area contributed by atoms with E-state index in [0.717, 1.165) is 73.9 Å². The lowest BCUT2D eigenvalue weighted by Crippen LogP contribution is -2.52. The van der Waals surface area contributed by atoms with Gasteiger partial charge in [-0.25, -0.2) is 14.4 Å². The zero-order valence-electron chi connectivity index (χ0n) is 21.7. The van der Waals surface area contributed by atoms with Crippen molar-refractivity contribution in [2.75, 3.05) is 47.5 Å². The lowest BCUT2D eigenvalue weighted by Gasteiger charge is -2.41. The summed E-state index contributed by atoms with van der Waals surface area (Å²) in [6.07, 6.45) is 5.50. The van der Waals surface area contributed by atoms with Crippen LogP contribution in [0.1, 0.15) is 38.7 Å². The Hall–Kier alpha value is -2.68. The predicted octanol–water partition coefficient (Wildman–Crippen LogP) is 5.61. The van der Waals surface area contributed by atoms with Crippen molar-refractivity contribution in [3.05, 3.63) is 58.0 Å². The number of rotatable bonds is 7. The maximum atomic E-state index is 13.9. The first kappa shape index (κ1) is 26.9. The van der Waals surface area contributed by atoms with Crippen molar-refractivity contribution >= 4 is 40.8 Å². The van der Waals surface area contributed by atoms with Crippen LogP contribution in [-0.4, -0.2) is 64.9 Å². The molecule has 0 aliphatic carbocycles. The second-order valence-electron chi connectivity index (χ2n) is 10.2. The molecule has 0 saturated carbocycles. The minimum Gasteiger partial charge on any atom is -0.396 e. The number of piperazine rings is 1. The van der Waals surface area contributed by atoms with E-state index < -0.39 is 5.82 Å². The maximum absolute atomic E-state index is 13.9. The van der Waals surface area contributed by atoms with Crippen LogP contribution in [0.4, 0.5) is 22.0 Å². The predicted molar refractivity (Wildman–Crippen MR) is 152 cm³/mol. The first-order chi connectivity index (χ1) is 18.3. The van der Waals surface area contributed by atoms with Gasteiger partial charge in [0.05, 0.1) is 15.7 Å². The number of aromatic nitrogens is 3. The number of anilines is 3. The van der Waals surface area contributed by atoms with Crippen molar-refractivity contribution in [1.29, 1.82) is 0 Å². The highest BCUT2D eigenvalue weighted by Gasteiger charge is 2.29. The number of hydrogen-bond donors (Lipinski definition) is 1. The summed E-state index contributed by atoms with van der Waals surface area (Å²) in [5.74, 6) is 1.87. The zero-order chi connectivity index (χ0) is 26.8. The van der Waals surface area contributed by atoms with Gasteiger partial charge in [0, 0.05) is 62.7 Å². The Morgan fingerprint density at radius 1 is 1.00 bits per heavy atom. The Labute approximate surface area is 233 Å². The van der Waals surface area contributed by atoms with Crippen LogP contribution in [0.25, 0.3) is 11.3 Å². The van der Waals surface area contributed by atoms with Crippen molar-refractivity contribution in [3.8, 4) is 11.3 Å². The molecule has 2 aliphatic rings.